The van der Waals surface area contributed by atoms with Crippen LogP contribution in [0, 0.1) is 16.0 Å². The Labute approximate surface area is 110 Å². The van der Waals surface area contributed by atoms with Crippen LogP contribution in [0.2, 0.25) is 5.02 Å². The van der Waals surface area contributed by atoms with Gasteiger partial charge in [-0.25, -0.2) is 0 Å². The molecule has 1 aliphatic carbocycles. The lowest BCUT2D eigenvalue weighted by atomic mass is 9.82. The Morgan fingerprint density at radius 2 is 2.22 bits per heavy atom. The summed E-state index contributed by atoms with van der Waals surface area (Å²) < 4.78 is 0. The second kappa shape index (κ2) is 5.65. The number of nitrogens with one attached hydrogen (secondary N) is 1. The Morgan fingerprint density at radius 1 is 1.50 bits per heavy atom. The van der Waals surface area contributed by atoms with Gasteiger partial charge in [0.05, 0.1) is 11.0 Å². The smallest absolute Gasteiger partial charge is 0.275 e. The van der Waals surface area contributed by atoms with Crippen LogP contribution < -0.4 is 5.32 Å². The van der Waals surface area contributed by atoms with Gasteiger partial charge < -0.3 is 10.4 Å². The predicted molar refractivity (Wildman–Crippen MR) is 68.5 cm³/mol. The first kappa shape index (κ1) is 13.3. The fourth-order valence-corrected chi connectivity index (χ4v) is 2.30. The Bertz CT molecular complexity index is 447. The van der Waals surface area contributed by atoms with E-state index in [-0.39, 0.29) is 11.8 Å². The SMILES string of the molecule is O=[N+]([O-])c1cc(Cl)ccc1CNCC1CC(O)C1. The molecular weight excluding hydrogens is 256 g/mol. The molecule has 0 unspecified atom stereocenters. The van der Waals surface area contributed by atoms with E-state index in [1.54, 1.807) is 12.1 Å². The van der Waals surface area contributed by atoms with Gasteiger partial charge >= 0.3 is 0 Å². The first-order valence-corrected chi connectivity index (χ1v) is 6.25. The lowest BCUT2D eigenvalue weighted by Gasteiger charge is -2.31. The fourth-order valence-electron chi connectivity index (χ4n) is 2.13. The monoisotopic (exact) mass is 270 g/mol. The van der Waals surface area contributed by atoms with Crippen molar-refractivity contribution in [1.29, 1.82) is 0 Å². The van der Waals surface area contributed by atoms with Crippen molar-refractivity contribution in [3.8, 4) is 0 Å². The van der Waals surface area contributed by atoms with Gasteiger partial charge in [0.25, 0.3) is 5.69 Å². The number of hydrogen-bond donors (Lipinski definition) is 2. The number of aliphatic hydroxyl groups is 1. The van der Waals surface area contributed by atoms with Crippen LogP contribution in [-0.2, 0) is 6.54 Å². The number of hydrogen-bond acceptors (Lipinski definition) is 4. The maximum atomic E-state index is 10.9. The van der Waals surface area contributed by atoms with Crippen LogP contribution in [0.4, 0.5) is 5.69 Å². The molecule has 5 nitrogen and oxygen atoms in total. The van der Waals surface area contributed by atoms with Gasteiger partial charge in [0, 0.05) is 23.2 Å². The zero-order valence-electron chi connectivity index (χ0n) is 9.80. The highest BCUT2D eigenvalue weighted by Gasteiger charge is 2.26. The molecular formula is C12H15ClN2O3. The average Bonchev–Trinajstić information content (AvgIpc) is 2.28. The minimum Gasteiger partial charge on any atom is -0.393 e. The van der Waals surface area contributed by atoms with Crippen molar-refractivity contribution in [3.05, 3.63) is 38.9 Å². The third-order valence-electron chi connectivity index (χ3n) is 3.20. The standard InChI is InChI=1S/C12H15ClN2O3/c13-10-2-1-9(12(5-10)15(17)18)7-14-6-8-3-11(16)4-8/h1-2,5,8,11,14,16H,3-4,6-7H2. The van der Waals surface area contributed by atoms with Gasteiger partial charge in [-0.1, -0.05) is 11.6 Å². The average molecular weight is 271 g/mol. The first-order valence-electron chi connectivity index (χ1n) is 5.88. The number of aliphatic hydroxyl groups excluding tert-OH is 1. The van der Waals surface area contributed by atoms with E-state index in [1.807, 2.05) is 0 Å². The second-order valence-electron chi connectivity index (χ2n) is 4.65. The molecule has 0 bridgehead atoms. The molecule has 0 amide bonds. The molecule has 2 rings (SSSR count). The van der Waals surface area contributed by atoms with E-state index in [2.05, 4.69) is 5.32 Å². The third kappa shape index (κ3) is 3.19. The molecule has 98 valence electrons. The van der Waals surface area contributed by atoms with E-state index in [0.29, 0.717) is 23.0 Å². The molecule has 1 fully saturated rings. The van der Waals surface area contributed by atoms with Crippen molar-refractivity contribution in [1.82, 2.24) is 5.32 Å². The highest BCUT2D eigenvalue weighted by atomic mass is 35.5. The van der Waals surface area contributed by atoms with Crippen molar-refractivity contribution >= 4 is 17.3 Å². The van der Waals surface area contributed by atoms with Gasteiger partial charge in [-0.2, -0.15) is 0 Å². The summed E-state index contributed by atoms with van der Waals surface area (Å²) in [6, 6.07) is 4.69. The molecule has 0 aromatic heterocycles. The zero-order valence-corrected chi connectivity index (χ0v) is 10.6. The maximum Gasteiger partial charge on any atom is 0.275 e. The summed E-state index contributed by atoms with van der Waals surface area (Å²) >= 11 is 5.74. The van der Waals surface area contributed by atoms with Crippen LogP contribution >= 0.6 is 11.6 Å². The summed E-state index contributed by atoms with van der Waals surface area (Å²) in [4.78, 5) is 10.4. The maximum absolute atomic E-state index is 10.9. The van der Waals surface area contributed by atoms with Crippen LogP contribution in [0.15, 0.2) is 18.2 Å². The molecule has 1 saturated carbocycles. The van der Waals surface area contributed by atoms with E-state index < -0.39 is 4.92 Å². The quantitative estimate of drug-likeness (QED) is 0.635. The van der Waals surface area contributed by atoms with E-state index in [4.69, 9.17) is 16.7 Å². The molecule has 0 heterocycles. The van der Waals surface area contributed by atoms with Crippen molar-refractivity contribution < 1.29 is 10.0 Å². The molecule has 1 aromatic rings. The third-order valence-corrected chi connectivity index (χ3v) is 3.44. The number of benzene rings is 1. The zero-order chi connectivity index (χ0) is 13.1. The molecule has 18 heavy (non-hydrogen) atoms. The molecule has 1 aromatic carbocycles. The molecule has 0 aliphatic heterocycles. The summed E-state index contributed by atoms with van der Waals surface area (Å²) in [6.07, 6.45) is 1.47. The Balaban J connectivity index is 1.90. The minimum atomic E-state index is -0.421. The van der Waals surface area contributed by atoms with Crippen molar-refractivity contribution in [2.45, 2.75) is 25.5 Å². The Kier molecular flexibility index (Phi) is 4.16. The first-order chi connectivity index (χ1) is 8.56. The van der Waals surface area contributed by atoms with Crippen LogP contribution in [0.1, 0.15) is 18.4 Å². The molecule has 0 radical (unpaired) electrons. The lowest BCUT2D eigenvalue weighted by Crippen LogP contribution is -2.35. The number of nitrogens with zero attached hydrogens (tertiary/aromatic N) is 1. The fraction of sp³-hybridized carbons (Fsp3) is 0.500. The number of halogens is 1. The van der Waals surface area contributed by atoms with E-state index in [1.165, 1.54) is 6.07 Å². The highest BCUT2D eigenvalue weighted by molar-refractivity contribution is 6.30. The summed E-state index contributed by atoms with van der Waals surface area (Å²) in [5.41, 5.74) is 0.674. The van der Waals surface area contributed by atoms with Crippen molar-refractivity contribution in [3.63, 3.8) is 0 Å². The van der Waals surface area contributed by atoms with Crippen LogP contribution in [0.3, 0.4) is 0 Å². The van der Waals surface area contributed by atoms with Gasteiger partial charge in [-0.3, -0.25) is 10.1 Å². The van der Waals surface area contributed by atoms with Crippen LogP contribution in [-0.4, -0.2) is 22.7 Å². The Morgan fingerprint density at radius 3 is 2.83 bits per heavy atom. The Hall–Kier alpha value is -1.17. The molecule has 0 spiro atoms. The number of nitro benzene ring substituents is 1. The molecule has 0 saturated heterocycles. The van der Waals surface area contributed by atoms with Gasteiger partial charge in [-0.05, 0) is 37.4 Å². The summed E-state index contributed by atoms with van der Waals surface area (Å²) in [5.74, 6) is 0.478. The van der Waals surface area contributed by atoms with E-state index in [9.17, 15) is 10.1 Å². The number of rotatable bonds is 5. The predicted octanol–water partition coefficient (Wildman–Crippen LogP) is 2.11. The van der Waals surface area contributed by atoms with Crippen molar-refractivity contribution in [2.75, 3.05) is 6.54 Å². The second-order valence-corrected chi connectivity index (χ2v) is 5.09. The minimum absolute atomic E-state index is 0.0450. The van der Waals surface area contributed by atoms with Gasteiger partial charge in [-0.15, -0.1) is 0 Å². The van der Waals surface area contributed by atoms with Crippen LogP contribution in [0.5, 0.6) is 0 Å². The van der Waals surface area contributed by atoms with Crippen LogP contribution in [0.25, 0.3) is 0 Å². The normalized spacial score (nSPS) is 22.6. The summed E-state index contributed by atoms with van der Waals surface area (Å²) in [7, 11) is 0. The van der Waals surface area contributed by atoms with Crippen molar-refractivity contribution in [2.24, 2.45) is 5.92 Å². The summed E-state index contributed by atoms with van der Waals surface area (Å²) in [5, 5.41) is 23.6. The van der Waals surface area contributed by atoms with Gasteiger partial charge in [0.2, 0.25) is 0 Å². The molecule has 0 atom stereocenters. The highest BCUT2D eigenvalue weighted by Crippen LogP contribution is 2.27. The van der Waals surface area contributed by atoms with Gasteiger partial charge in [0.1, 0.15) is 0 Å². The lowest BCUT2D eigenvalue weighted by molar-refractivity contribution is -0.385. The topological polar surface area (TPSA) is 75.4 Å². The molecule has 6 heteroatoms. The van der Waals surface area contributed by atoms with E-state index in [0.717, 1.165) is 19.4 Å². The largest absolute Gasteiger partial charge is 0.393 e. The molecule has 2 N–H and O–H groups in total. The molecule has 1 aliphatic rings. The summed E-state index contributed by atoms with van der Waals surface area (Å²) in [6.45, 7) is 1.22. The van der Waals surface area contributed by atoms with Gasteiger partial charge in [0.15, 0.2) is 0 Å². The van der Waals surface area contributed by atoms with E-state index >= 15 is 0 Å². The number of nitro groups is 1.